The normalized spacial score (nSPS) is 32.3. The molecule has 0 radical (unpaired) electrons. The molecule has 0 aromatic heterocycles. The first-order valence-electron chi connectivity index (χ1n) is 15.3. The first-order chi connectivity index (χ1) is 20.4. The summed E-state index contributed by atoms with van der Waals surface area (Å²) >= 11 is 0. The Bertz CT molecular complexity index is 1500. The van der Waals surface area contributed by atoms with Crippen LogP contribution < -0.4 is 0 Å². The fraction of sp³-hybridized carbons (Fsp3) is 0.588. The number of carbonyl (C=O) groups is 4. The van der Waals surface area contributed by atoms with Gasteiger partial charge in [0.2, 0.25) is 5.78 Å². The van der Waals surface area contributed by atoms with E-state index in [-0.39, 0.29) is 18.6 Å². The minimum absolute atomic E-state index is 0.0843. The predicted molar refractivity (Wildman–Crippen MR) is 160 cm³/mol. The second-order valence-electron chi connectivity index (χ2n) is 13.3. The highest BCUT2D eigenvalue weighted by molar-refractivity contribution is 6.25. The zero-order valence-corrected chi connectivity index (χ0v) is 26.6. The number of hydrogen-bond donors (Lipinski definition) is 5. The van der Waals surface area contributed by atoms with E-state index >= 15 is 0 Å². The van der Waals surface area contributed by atoms with Gasteiger partial charge in [0.05, 0.1) is 29.8 Å². The predicted octanol–water partition coefficient (Wildman–Crippen LogP) is 4.40. The summed E-state index contributed by atoms with van der Waals surface area (Å²) in [5, 5.41) is 59.2. The van der Waals surface area contributed by atoms with Crippen LogP contribution in [0.1, 0.15) is 95.6 Å². The number of rotatable bonds is 8. The van der Waals surface area contributed by atoms with Crippen LogP contribution in [0.5, 0.6) is 5.75 Å². The topological polar surface area (TPSA) is 179 Å². The molecular weight excluding hydrogens is 568 g/mol. The maximum absolute atomic E-state index is 14.4. The molecule has 5 N–H and O–H groups in total. The second kappa shape index (κ2) is 11.1. The van der Waals surface area contributed by atoms with Crippen molar-refractivity contribution in [1.29, 1.82) is 0 Å². The molecule has 0 heterocycles. The van der Waals surface area contributed by atoms with Crippen molar-refractivity contribution in [3.8, 4) is 5.75 Å². The van der Waals surface area contributed by atoms with E-state index in [2.05, 4.69) is 0 Å². The van der Waals surface area contributed by atoms with E-state index in [1.807, 2.05) is 6.92 Å². The van der Waals surface area contributed by atoms with E-state index in [9.17, 15) is 44.7 Å². The fourth-order valence-corrected chi connectivity index (χ4v) is 8.33. The summed E-state index contributed by atoms with van der Waals surface area (Å²) in [7, 11) is 0. The van der Waals surface area contributed by atoms with Crippen LogP contribution in [0.3, 0.4) is 0 Å². The van der Waals surface area contributed by atoms with Gasteiger partial charge in [0.1, 0.15) is 22.8 Å². The molecule has 7 atom stereocenters. The van der Waals surface area contributed by atoms with E-state index < -0.39 is 97.9 Å². The second-order valence-corrected chi connectivity index (χ2v) is 13.3. The van der Waals surface area contributed by atoms with Crippen LogP contribution in [-0.4, -0.2) is 67.2 Å². The lowest BCUT2D eigenvalue weighted by Gasteiger charge is -2.63. The van der Waals surface area contributed by atoms with Gasteiger partial charge >= 0.3 is 5.97 Å². The molecule has 0 spiro atoms. The quantitative estimate of drug-likeness (QED) is 0.209. The molecule has 10 nitrogen and oxygen atoms in total. The number of allylic oxidation sites excluding steroid dienone is 1. The van der Waals surface area contributed by atoms with Gasteiger partial charge in [-0.25, -0.2) is 0 Å². The molecule has 0 fully saturated rings. The number of esters is 1. The number of ether oxygens (including phenoxy) is 1. The van der Waals surface area contributed by atoms with Gasteiger partial charge in [-0.15, -0.1) is 0 Å². The van der Waals surface area contributed by atoms with Crippen LogP contribution in [0.4, 0.5) is 0 Å². The summed E-state index contributed by atoms with van der Waals surface area (Å²) < 4.78 is 5.21. The van der Waals surface area contributed by atoms with Crippen molar-refractivity contribution in [2.45, 2.75) is 92.3 Å². The molecule has 1 aromatic carbocycles. The Kier molecular flexibility index (Phi) is 8.45. The summed E-state index contributed by atoms with van der Waals surface area (Å²) in [6.45, 7) is 12.9. The molecule has 0 aliphatic heterocycles. The third kappa shape index (κ3) is 4.13. The Morgan fingerprint density at radius 2 is 1.68 bits per heavy atom. The Morgan fingerprint density at radius 1 is 1.07 bits per heavy atom. The highest BCUT2D eigenvalue weighted by Gasteiger charge is 2.76. The van der Waals surface area contributed by atoms with Crippen LogP contribution in [0.2, 0.25) is 0 Å². The van der Waals surface area contributed by atoms with Gasteiger partial charge in [0, 0.05) is 16.7 Å². The lowest BCUT2D eigenvalue weighted by molar-refractivity contribution is -0.211. The first kappa shape index (κ1) is 33.4. The van der Waals surface area contributed by atoms with Crippen molar-refractivity contribution in [2.24, 2.45) is 28.6 Å². The molecular formula is C34H44O10. The molecule has 2 unspecified atom stereocenters. The highest BCUT2D eigenvalue weighted by atomic mass is 16.5. The fourth-order valence-electron chi connectivity index (χ4n) is 8.33. The Balaban J connectivity index is 2.00. The number of benzene rings is 1. The molecule has 0 bridgehead atoms. The number of ketones is 3. The van der Waals surface area contributed by atoms with Crippen molar-refractivity contribution in [3.63, 3.8) is 0 Å². The molecule has 0 saturated carbocycles. The summed E-state index contributed by atoms with van der Waals surface area (Å²) in [6.07, 6.45) is -0.443. The van der Waals surface area contributed by atoms with E-state index in [1.165, 1.54) is 6.92 Å². The molecule has 10 heteroatoms. The van der Waals surface area contributed by atoms with E-state index in [0.29, 0.717) is 24.0 Å². The molecule has 0 amide bonds. The average Bonchev–Trinajstić information content (AvgIpc) is 2.94. The molecule has 1 aromatic rings. The van der Waals surface area contributed by atoms with Gasteiger partial charge < -0.3 is 30.3 Å². The van der Waals surface area contributed by atoms with Crippen LogP contribution in [-0.2, 0) is 25.5 Å². The SMILES string of the molecule is CCCC(Cc1ccc2c(c1O)C(=O)C1=C(O)[C@@]3(O)C(=O)C(C(C)=O)=C(O)C(C(C)C)[C@@]3(C)[C@H](O)[C@@]1(C)[C@@H]2C)C(=O)OCC. The van der Waals surface area contributed by atoms with Crippen molar-refractivity contribution in [1.82, 2.24) is 0 Å². The largest absolute Gasteiger partial charge is 0.511 e. The summed E-state index contributed by atoms with van der Waals surface area (Å²) in [6, 6.07) is 3.27. The van der Waals surface area contributed by atoms with E-state index in [4.69, 9.17) is 4.74 Å². The monoisotopic (exact) mass is 612 g/mol. The molecule has 0 saturated heterocycles. The van der Waals surface area contributed by atoms with E-state index in [0.717, 1.165) is 6.92 Å². The smallest absolute Gasteiger partial charge is 0.309 e. The third-order valence-corrected chi connectivity index (χ3v) is 10.6. The summed E-state index contributed by atoms with van der Waals surface area (Å²) in [5.74, 6) is -8.47. The Hall–Kier alpha value is -3.50. The number of phenols is 1. The van der Waals surface area contributed by atoms with Crippen LogP contribution >= 0.6 is 0 Å². The minimum atomic E-state index is -2.94. The van der Waals surface area contributed by atoms with Gasteiger partial charge in [0.25, 0.3) is 0 Å². The number of fused-ring (bicyclic) bond motifs is 3. The van der Waals surface area contributed by atoms with Gasteiger partial charge in [-0.2, -0.15) is 0 Å². The van der Waals surface area contributed by atoms with Crippen LogP contribution in [0, 0.1) is 28.6 Å². The van der Waals surface area contributed by atoms with Crippen LogP contribution in [0.25, 0.3) is 0 Å². The highest BCUT2D eigenvalue weighted by Crippen LogP contribution is 2.67. The van der Waals surface area contributed by atoms with Gasteiger partial charge in [0.15, 0.2) is 17.2 Å². The van der Waals surface area contributed by atoms with Gasteiger partial charge in [-0.1, -0.05) is 60.1 Å². The average molecular weight is 613 g/mol. The number of aromatic hydroxyl groups is 1. The molecule has 44 heavy (non-hydrogen) atoms. The molecule has 3 aliphatic carbocycles. The van der Waals surface area contributed by atoms with Gasteiger partial charge in [-0.3, -0.25) is 19.2 Å². The minimum Gasteiger partial charge on any atom is -0.511 e. The zero-order chi connectivity index (χ0) is 33.3. The number of Topliss-reactive ketones (excluding diaryl/α,β-unsaturated/α-hetero) is 3. The summed E-state index contributed by atoms with van der Waals surface area (Å²) in [5.41, 5.74) is -7.15. The first-order valence-corrected chi connectivity index (χ1v) is 15.3. The van der Waals surface area contributed by atoms with Crippen molar-refractivity contribution in [3.05, 3.63) is 51.5 Å². The zero-order valence-electron chi connectivity index (χ0n) is 26.6. The van der Waals surface area contributed by atoms with Crippen LogP contribution in [0.15, 0.2) is 34.8 Å². The van der Waals surface area contributed by atoms with Crippen molar-refractivity contribution in [2.75, 3.05) is 6.61 Å². The lowest BCUT2D eigenvalue weighted by Crippen LogP contribution is -2.73. The molecule has 240 valence electrons. The van der Waals surface area contributed by atoms with Gasteiger partial charge in [-0.05, 0) is 49.7 Å². The Morgan fingerprint density at radius 3 is 2.20 bits per heavy atom. The maximum atomic E-state index is 14.4. The summed E-state index contributed by atoms with van der Waals surface area (Å²) in [4.78, 5) is 53.5. The number of hydrogen-bond acceptors (Lipinski definition) is 10. The number of carbonyl (C=O) groups excluding carboxylic acids is 4. The standard InChI is InChI=1S/C34H44O10/c1-9-11-19(30(41)44-10-2)14-18-12-13-20-16(5)32(7)24(27(38)22(20)25(18)36)29(40)34(43)28(39)21(17(6)35)26(37)23(15(3)4)33(34,8)31(32)42/h12-13,15-16,19,23,31,36-37,40,42-43H,9-11,14H2,1-8H3/t16-,19?,23?,31-,32+,33+,34+/m1/s1. The Labute approximate surface area is 257 Å². The number of phenolic OH excluding ortho intramolecular Hbond substituents is 1. The van der Waals surface area contributed by atoms with Crippen molar-refractivity contribution < 1.29 is 49.4 Å². The van der Waals surface area contributed by atoms with Crippen molar-refractivity contribution >= 4 is 23.3 Å². The van der Waals surface area contributed by atoms with E-state index in [1.54, 1.807) is 46.8 Å². The number of aliphatic hydroxyl groups is 4. The maximum Gasteiger partial charge on any atom is 0.309 e. The lowest BCUT2D eigenvalue weighted by atomic mass is 9.41. The third-order valence-electron chi connectivity index (χ3n) is 10.6. The molecule has 3 aliphatic rings. The molecule has 4 rings (SSSR count). The number of aliphatic hydroxyl groups excluding tert-OH is 3.